The number of fused-ring (bicyclic) bond motifs is 7. The molecule has 390 valence electrons. The quantitative estimate of drug-likeness (QED) is 0.134. The molecule has 10 aromatic carbocycles. The number of allylic oxidation sites excluding steroid dienone is 4. The highest BCUT2D eigenvalue weighted by atomic mass is 32.1. The molecular weight excluding hydrogens is 1030 g/mol. The van der Waals surface area contributed by atoms with Crippen molar-refractivity contribution < 1.29 is 0 Å². The summed E-state index contributed by atoms with van der Waals surface area (Å²) < 4.78 is 5.91. The van der Waals surface area contributed by atoms with Crippen molar-refractivity contribution in [2.45, 2.75) is 12.3 Å². The van der Waals surface area contributed by atoms with Crippen LogP contribution in [0.4, 0.5) is 0 Å². The summed E-state index contributed by atoms with van der Waals surface area (Å²) in [6.45, 7) is 0. The van der Waals surface area contributed by atoms with Crippen LogP contribution in [0.2, 0.25) is 0 Å². The molecule has 9 nitrogen and oxygen atoms in total. The van der Waals surface area contributed by atoms with Crippen LogP contribution in [0.5, 0.6) is 0 Å². The molecule has 1 aliphatic carbocycles. The number of nitrogens with zero attached hydrogens (tertiary/aromatic N) is 9. The topological polar surface area (TPSA) is 100 Å². The third-order valence-electron chi connectivity index (χ3n) is 15.7. The summed E-state index contributed by atoms with van der Waals surface area (Å²) in [6.07, 6.45) is 9.35. The van der Waals surface area contributed by atoms with Gasteiger partial charge in [0, 0.05) is 77.8 Å². The fourth-order valence-corrected chi connectivity index (χ4v) is 12.8. The zero-order chi connectivity index (χ0) is 54.8. The lowest BCUT2D eigenvalue weighted by Crippen LogP contribution is -2.08. The van der Waals surface area contributed by atoms with E-state index in [0.29, 0.717) is 29.1 Å². The van der Waals surface area contributed by atoms with Gasteiger partial charge >= 0.3 is 0 Å². The first-order valence-corrected chi connectivity index (χ1v) is 28.6. The first-order chi connectivity index (χ1) is 41.1. The van der Waals surface area contributed by atoms with Crippen LogP contribution in [0.15, 0.2) is 267 Å². The summed E-state index contributed by atoms with van der Waals surface area (Å²) in [5, 5.41) is 5.58. The zero-order valence-corrected chi connectivity index (χ0v) is 45.4. The second-order valence-electron chi connectivity index (χ2n) is 20.8. The van der Waals surface area contributed by atoms with Gasteiger partial charge in [-0.3, -0.25) is 0 Å². The first-order valence-electron chi connectivity index (χ1n) is 27.8. The lowest BCUT2D eigenvalue weighted by Gasteiger charge is -2.15. The fraction of sp³-hybridized carbons (Fsp3) is 0.0274. The fourth-order valence-electron chi connectivity index (χ4n) is 11.8. The van der Waals surface area contributed by atoms with Gasteiger partial charge in [-0.2, -0.15) is 0 Å². The standard InChI is InChI=1S/C73H47N9S/c1-6-21-46(22-7-1)67-75-68(47-23-8-2-9-24-47)78-71(77-67)52-31-18-33-54(41-52)81-63-40-39-51(43-59(63)60-44-65-61(45-64(60)81)74-73(83-65)50-29-14-5-15-30-50)56-36-20-37-58-57-35-16-17-38-62(57)82(66(56)58)55-34-19-32-53(42-55)72-79-69(48-25-10-3-11-26-48)76-70(80-72)49-27-12-4-13-28-49/h1-27,29-45,49H,28H2. The maximum absolute atomic E-state index is 5.27. The van der Waals surface area contributed by atoms with E-state index in [1.54, 1.807) is 11.3 Å². The van der Waals surface area contributed by atoms with Crippen LogP contribution in [0.3, 0.4) is 0 Å². The molecule has 5 heterocycles. The molecule has 15 aromatic rings. The SMILES string of the molecule is C1=CCC(c2nc(-c3ccccc3)nc(-c3cccc(-n4c5ccccc5c5cccc(-c6ccc7c(c6)c6cc8sc(-c9ccccc9)nc8cc6n7-c6cccc(-c7nc(-c8ccccc8)nc(-c8ccccc8)n7)c6)c54)c3)n2)C=C1. The summed E-state index contributed by atoms with van der Waals surface area (Å²) in [4.78, 5) is 35.9. The molecule has 83 heavy (non-hydrogen) atoms. The van der Waals surface area contributed by atoms with Gasteiger partial charge in [-0.1, -0.05) is 212 Å². The molecular formula is C73H47N9S. The highest BCUT2D eigenvalue weighted by Gasteiger charge is 2.23. The van der Waals surface area contributed by atoms with E-state index >= 15 is 0 Å². The van der Waals surface area contributed by atoms with Gasteiger partial charge in [-0.05, 0) is 66.6 Å². The van der Waals surface area contributed by atoms with Crippen LogP contribution >= 0.6 is 11.3 Å². The average Bonchev–Trinajstić information content (AvgIpc) is 4.40. The maximum Gasteiger partial charge on any atom is 0.164 e. The van der Waals surface area contributed by atoms with E-state index < -0.39 is 0 Å². The maximum atomic E-state index is 5.27. The molecule has 5 aromatic heterocycles. The molecule has 0 bridgehead atoms. The van der Waals surface area contributed by atoms with Crippen molar-refractivity contribution in [2.24, 2.45) is 0 Å². The minimum absolute atomic E-state index is 0.0487. The van der Waals surface area contributed by atoms with E-state index in [1.165, 1.54) is 5.39 Å². The van der Waals surface area contributed by atoms with E-state index in [0.717, 1.165) is 122 Å². The van der Waals surface area contributed by atoms with Gasteiger partial charge in [-0.25, -0.2) is 34.9 Å². The Bertz CT molecular complexity index is 5010. The molecule has 16 rings (SSSR count). The Kier molecular flexibility index (Phi) is 11.6. The summed E-state index contributed by atoms with van der Waals surface area (Å²) >= 11 is 1.72. The molecule has 0 radical (unpaired) electrons. The Morgan fingerprint density at radius 1 is 0.349 bits per heavy atom. The number of aromatic nitrogens is 9. The number of benzene rings is 10. The Hall–Kier alpha value is -10.8. The predicted molar refractivity (Wildman–Crippen MR) is 339 cm³/mol. The average molecular weight is 1080 g/mol. The van der Waals surface area contributed by atoms with Crippen LogP contribution in [0.25, 0.3) is 144 Å². The number of hydrogen-bond donors (Lipinski definition) is 0. The molecule has 0 saturated heterocycles. The largest absolute Gasteiger partial charge is 0.309 e. The van der Waals surface area contributed by atoms with Gasteiger partial charge < -0.3 is 9.13 Å². The third-order valence-corrected chi connectivity index (χ3v) is 16.8. The molecule has 0 amide bonds. The van der Waals surface area contributed by atoms with Gasteiger partial charge in [0.05, 0.1) is 32.3 Å². The molecule has 0 saturated carbocycles. The summed E-state index contributed by atoms with van der Waals surface area (Å²) in [5.41, 5.74) is 15.2. The van der Waals surface area contributed by atoms with Crippen molar-refractivity contribution in [3.63, 3.8) is 0 Å². The Labute approximate surface area is 481 Å². The number of thiazole rings is 1. The van der Waals surface area contributed by atoms with E-state index in [4.69, 9.17) is 34.9 Å². The van der Waals surface area contributed by atoms with Crippen molar-refractivity contribution >= 4 is 65.2 Å². The summed E-state index contributed by atoms with van der Waals surface area (Å²) in [6, 6.07) is 85.1. The molecule has 0 aliphatic heterocycles. The Morgan fingerprint density at radius 2 is 0.867 bits per heavy atom. The third kappa shape index (κ3) is 8.59. The van der Waals surface area contributed by atoms with Gasteiger partial charge in [0.1, 0.15) is 10.8 Å². The van der Waals surface area contributed by atoms with Gasteiger partial charge in [0.2, 0.25) is 0 Å². The van der Waals surface area contributed by atoms with Crippen molar-refractivity contribution in [1.29, 1.82) is 0 Å². The second kappa shape index (κ2) is 20.1. The smallest absolute Gasteiger partial charge is 0.164 e. The van der Waals surface area contributed by atoms with Crippen molar-refractivity contribution in [2.75, 3.05) is 0 Å². The second-order valence-corrected chi connectivity index (χ2v) is 21.9. The Morgan fingerprint density at radius 3 is 1.51 bits per heavy atom. The molecule has 1 aliphatic rings. The summed E-state index contributed by atoms with van der Waals surface area (Å²) in [5.74, 6) is 3.93. The molecule has 0 N–H and O–H groups in total. The minimum Gasteiger partial charge on any atom is -0.309 e. The van der Waals surface area contributed by atoms with Crippen molar-refractivity contribution in [3.05, 3.63) is 273 Å². The number of rotatable bonds is 10. The molecule has 0 spiro atoms. The normalized spacial score (nSPS) is 13.3. The highest BCUT2D eigenvalue weighted by molar-refractivity contribution is 7.21. The molecule has 1 atom stereocenters. The van der Waals surface area contributed by atoms with Crippen LogP contribution in [-0.4, -0.2) is 44.0 Å². The van der Waals surface area contributed by atoms with Gasteiger partial charge in [0.15, 0.2) is 29.1 Å². The predicted octanol–water partition coefficient (Wildman–Crippen LogP) is 18.1. The molecule has 10 heteroatoms. The zero-order valence-electron chi connectivity index (χ0n) is 44.6. The number of hydrogen-bond acceptors (Lipinski definition) is 8. The van der Waals surface area contributed by atoms with E-state index in [-0.39, 0.29) is 5.92 Å². The van der Waals surface area contributed by atoms with Crippen LogP contribution < -0.4 is 0 Å². The van der Waals surface area contributed by atoms with E-state index in [9.17, 15) is 0 Å². The van der Waals surface area contributed by atoms with Crippen LogP contribution in [-0.2, 0) is 0 Å². The van der Waals surface area contributed by atoms with Gasteiger partial charge in [0.25, 0.3) is 0 Å². The van der Waals surface area contributed by atoms with Crippen molar-refractivity contribution in [1.82, 2.24) is 44.0 Å². The van der Waals surface area contributed by atoms with E-state index in [2.05, 4.69) is 191 Å². The van der Waals surface area contributed by atoms with Crippen LogP contribution in [0, 0.1) is 0 Å². The minimum atomic E-state index is 0.0487. The van der Waals surface area contributed by atoms with Crippen LogP contribution in [0.1, 0.15) is 18.2 Å². The lowest BCUT2D eigenvalue weighted by atomic mass is 9.99. The monoisotopic (exact) mass is 1080 g/mol. The first kappa shape index (κ1) is 48.1. The molecule has 1 unspecified atom stereocenters. The van der Waals surface area contributed by atoms with Crippen molar-refractivity contribution in [3.8, 4) is 90.0 Å². The molecule has 0 fully saturated rings. The summed E-state index contributed by atoms with van der Waals surface area (Å²) in [7, 11) is 0. The van der Waals surface area contributed by atoms with Gasteiger partial charge in [-0.15, -0.1) is 11.3 Å². The highest BCUT2D eigenvalue weighted by Crippen LogP contribution is 2.44. The number of para-hydroxylation sites is 2. The van der Waals surface area contributed by atoms with E-state index in [1.807, 2.05) is 84.9 Å². The lowest BCUT2D eigenvalue weighted by molar-refractivity contribution is 0.764. The Balaban J connectivity index is 0.878.